The monoisotopic (exact) mass is 345 g/mol. The summed E-state index contributed by atoms with van der Waals surface area (Å²) in [5.74, 6) is -1.47. The maximum atomic E-state index is 12.2. The van der Waals surface area contributed by atoms with E-state index in [2.05, 4.69) is 45.0 Å². The predicted octanol–water partition coefficient (Wildman–Crippen LogP) is 2.57. The Balaban J connectivity index is 2.00. The van der Waals surface area contributed by atoms with E-state index in [1.165, 1.54) is 5.56 Å². The number of urea groups is 1. The van der Waals surface area contributed by atoms with Crippen LogP contribution in [0.25, 0.3) is 0 Å². The molecule has 0 bridgehead atoms. The topological polar surface area (TPSA) is 60.9 Å². The van der Waals surface area contributed by atoms with Crippen molar-refractivity contribution >= 4 is 17.8 Å². The molecule has 6 nitrogen and oxygen atoms in total. The average molecular weight is 345 g/mol. The molecule has 1 aliphatic rings. The van der Waals surface area contributed by atoms with E-state index in [4.69, 9.17) is 0 Å². The highest BCUT2D eigenvalue weighted by atomic mass is 16.2. The van der Waals surface area contributed by atoms with Crippen molar-refractivity contribution in [3.63, 3.8) is 0 Å². The number of hydrogen-bond donors (Lipinski definition) is 0. The van der Waals surface area contributed by atoms with E-state index in [1.807, 2.05) is 18.9 Å². The Morgan fingerprint density at radius 3 is 2.04 bits per heavy atom. The maximum absolute atomic E-state index is 12.2. The van der Waals surface area contributed by atoms with Crippen LogP contribution in [0.5, 0.6) is 0 Å². The van der Waals surface area contributed by atoms with E-state index in [9.17, 15) is 14.4 Å². The molecule has 136 valence electrons. The summed E-state index contributed by atoms with van der Waals surface area (Å²) in [6.45, 7) is 9.32. The molecule has 25 heavy (non-hydrogen) atoms. The van der Waals surface area contributed by atoms with Crippen molar-refractivity contribution in [1.29, 1.82) is 0 Å². The van der Waals surface area contributed by atoms with Crippen LogP contribution in [-0.4, -0.2) is 52.8 Å². The molecule has 1 aliphatic heterocycles. The lowest BCUT2D eigenvalue weighted by Gasteiger charge is -2.23. The van der Waals surface area contributed by atoms with E-state index in [1.54, 1.807) is 0 Å². The Morgan fingerprint density at radius 2 is 1.52 bits per heavy atom. The molecular formula is C19H27N3O3. The third kappa shape index (κ3) is 4.25. The second kappa shape index (κ2) is 7.35. The number of amides is 4. The zero-order chi connectivity index (χ0) is 18.8. The highest BCUT2D eigenvalue weighted by molar-refractivity contribution is 6.44. The second-order valence-electron chi connectivity index (χ2n) is 7.58. The molecule has 6 heteroatoms. The van der Waals surface area contributed by atoms with Gasteiger partial charge in [0.25, 0.3) is 0 Å². The van der Waals surface area contributed by atoms with Gasteiger partial charge in [-0.05, 0) is 30.0 Å². The largest absolute Gasteiger partial charge is 0.335 e. The normalized spacial score (nSPS) is 15.7. The molecule has 1 saturated heterocycles. The summed E-state index contributed by atoms with van der Waals surface area (Å²) in [5.41, 5.74) is 2.44. The van der Waals surface area contributed by atoms with Crippen molar-refractivity contribution in [1.82, 2.24) is 14.7 Å². The molecule has 4 amide bonds. The van der Waals surface area contributed by atoms with E-state index >= 15 is 0 Å². The van der Waals surface area contributed by atoms with Crippen molar-refractivity contribution in [3.05, 3.63) is 35.4 Å². The minimum Gasteiger partial charge on any atom is -0.284 e. The van der Waals surface area contributed by atoms with Gasteiger partial charge in [-0.2, -0.15) is 0 Å². The van der Waals surface area contributed by atoms with Crippen LogP contribution >= 0.6 is 0 Å². The van der Waals surface area contributed by atoms with Crippen molar-refractivity contribution in [2.45, 2.75) is 46.1 Å². The van der Waals surface area contributed by atoms with Crippen LogP contribution in [-0.2, 0) is 21.5 Å². The first-order valence-electron chi connectivity index (χ1n) is 8.60. The second-order valence-corrected chi connectivity index (χ2v) is 7.58. The quantitative estimate of drug-likeness (QED) is 0.587. The van der Waals surface area contributed by atoms with Gasteiger partial charge in [-0.15, -0.1) is 0 Å². The fourth-order valence-electron chi connectivity index (χ4n) is 2.81. The zero-order valence-corrected chi connectivity index (χ0v) is 15.7. The first-order valence-corrected chi connectivity index (χ1v) is 8.60. The molecule has 2 rings (SSSR count). The fourth-order valence-corrected chi connectivity index (χ4v) is 2.81. The van der Waals surface area contributed by atoms with Crippen molar-refractivity contribution in [3.8, 4) is 0 Å². The molecule has 0 atom stereocenters. The Hall–Kier alpha value is -2.21. The third-order valence-corrected chi connectivity index (χ3v) is 4.24. The number of benzene rings is 1. The molecule has 0 aromatic heterocycles. The summed E-state index contributed by atoms with van der Waals surface area (Å²) in [4.78, 5) is 40.0. The maximum Gasteiger partial charge on any atom is 0.335 e. The highest BCUT2D eigenvalue weighted by Gasteiger charge is 2.44. The Labute approximate surface area is 149 Å². The Morgan fingerprint density at radius 1 is 0.960 bits per heavy atom. The summed E-state index contributed by atoms with van der Waals surface area (Å²) in [6, 6.07) is 7.79. The summed E-state index contributed by atoms with van der Waals surface area (Å²) in [5, 5.41) is 0. The van der Waals surface area contributed by atoms with Crippen LogP contribution in [0.3, 0.4) is 0 Å². The number of imide groups is 2. The third-order valence-electron chi connectivity index (χ3n) is 4.24. The first-order chi connectivity index (χ1) is 11.6. The minimum absolute atomic E-state index is 0.0991. The van der Waals surface area contributed by atoms with Crippen LogP contribution in [0.2, 0.25) is 0 Å². The minimum atomic E-state index is -0.742. The molecule has 0 radical (unpaired) electrons. The molecule has 1 aromatic rings. The molecule has 1 fully saturated rings. The number of nitrogens with zero attached hydrogens (tertiary/aromatic N) is 3. The van der Waals surface area contributed by atoms with Gasteiger partial charge in [-0.3, -0.25) is 19.4 Å². The van der Waals surface area contributed by atoms with Gasteiger partial charge in [0.1, 0.15) is 0 Å². The SMILES string of the molecule is CCCN1C(=O)C(=O)N(CN(C)Cc2ccc(C(C)(C)C)cc2)C1=O. The molecule has 0 saturated carbocycles. The van der Waals surface area contributed by atoms with E-state index in [-0.39, 0.29) is 18.6 Å². The van der Waals surface area contributed by atoms with Crippen molar-refractivity contribution in [2.75, 3.05) is 20.3 Å². The lowest BCUT2D eigenvalue weighted by molar-refractivity contribution is -0.143. The zero-order valence-electron chi connectivity index (χ0n) is 15.7. The number of carbonyl (C=O) groups is 3. The van der Waals surface area contributed by atoms with Gasteiger partial charge < -0.3 is 0 Å². The Bertz CT molecular complexity index is 661. The van der Waals surface area contributed by atoms with Crippen molar-refractivity contribution in [2.24, 2.45) is 0 Å². The number of rotatable bonds is 6. The Kier molecular flexibility index (Phi) is 5.62. The van der Waals surface area contributed by atoms with Crippen LogP contribution in [0.15, 0.2) is 24.3 Å². The lowest BCUT2D eigenvalue weighted by Crippen LogP contribution is -2.40. The van der Waals surface area contributed by atoms with Crippen LogP contribution in [0.4, 0.5) is 4.79 Å². The summed E-state index contributed by atoms with van der Waals surface area (Å²) in [7, 11) is 1.82. The van der Waals surface area contributed by atoms with Crippen LogP contribution in [0.1, 0.15) is 45.2 Å². The van der Waals surface area contributed by atoms with E-state index in [0.29, 0.717) is 13.0 Å². The molecule has 1 heterocycles. The highest BCUT2D eigenvalue weighted by Crippen LogP contribution is 2.22. The average Bonchev–Trinajstić information content (AvgIpc) is 2.73. The van der Waals surface area contributed by atoms with Crippen LogP contribution < -0.4 is 0 Å². The van der Waals surface area contributed by atoms with Gasteiger partial charge in [-0.25, -0.2) is 9.69 Å². The smallest absolute Gasteiger partial charge is 0.284 e. The summed E-state index contributed by atoms with van der Waals surface area (Å²) in [6.07, 6.45) is 0.633. The van der Waals surface area contributed by atoms with Gasteiger partial charge in [0.15, 0.2) is 0 Å². The summed E-state index contributed by atoms with van der Waals surface area (Å²) >= 11 is 0. The molecule has 0 spiro atoms. The van der Waals surface area contributed by atoms with Crippen molar-refractivity contribution < 1.29 is 14.4 Å². The van der Waals surface area contributed by atoms with E-state index in [0.717, 1.165) is 15.4 Å². The predicted molar refractivity (Wildman–Crippen MR) is 95.7 cm³/mol. The molecule has 0 N–H and O–H groups in total. The fraction of sp³-hybridized carbons (Fsp3) is 0.526. The summed E-state index contributed by atoms with van der Waals surface area (Å²) < 4.78 is 0. The van der Waals surface area contributed by atoms with Gasteiger partial charge in [0.2, 0.25) is 0 Å². The van der Waals surface area contributed by atoms with Gasteiger partial charge in [0.05, 0.1) is 6.67 Å². The van der Waals surface area contributed by atoms with Gasteiger partial charge in [0, 0.05) is 13.1 Å². The number of hydrogen-bond acceptors (Lipinski definition) is 4. The van der Waals surface area contributed by atoms with Gasteiger partial charge in [-0.1, -0.05) is 52.0 Å². The molecular weight excluding hydrogens is 318 g/mol. The molecule has 0 aliphatic carbocycles. The molecule has 1 aromatic carbocycles. The van der Waals surface area contributed by atoms with E-state index < -0.39 is 17.8 Å². The standard InChI is InChI=1S/C19H27N3O3/c1-6-11-21-16(23)17(24)22(18(21)25)13-20(5)12-14-7-9-15(10-8-14)19(2,3)4/h7-10H,6,11-13H2,1-5H3. The van der Waals surface area contributed by atoms with Gasteiger partial charge >= 0.3 is 17.8 Å². The molecule has 0 unspecified atom stereocenters. The number of carbonyl (C=O) groups excluding carboxylic acids is 3. The first kappa shape index (κ1) is 19.1. The van der Waals surface area contributed by atoms with Crippen LogP contribution in [0, 0.1) is 0 Å². The lowest BCUT2D eigenvalue weighted by atomic mass is 9.87.